The van der Waals surface area contributed by atoms with Crippen molar-refractivity contribution in [2.24, 2.45) is 0 Å². The molecule has 0 amide bonds. The quantitative estimate of drug-likeness (QED) is 0.769. The first-order valence-electron chi connectivity index (χ1n) is 6.75. The van der Waals surface area contributed by atoms with E-state index in [1.165, 1.54) is 5.56 Å². The van der Waals surface area contributed by atoms with E-state index >= 15 is 0 Å². The van der Waals surface area contributed by atoms with Gasteiger partial charge in [0.15, 0.2) is 0 Å². The topological polar surface area (TPSA) is 117 Å². The fraction of sp³-hybridized carbons (Fsp3) is 0.0625. The van der Waals surface area contributed by atoms with Crippen LogP contribution < -0.4 is 14.0 Å². The number of rotatable bonds is 2. The Morgan fingerprint density at radius 3 is 2.21 bits per heavy atom. The molecular formula is C16H14Cl2N2O4. The summed E-state index contributed by atoms with van der Waals surface area (Å²) in [4.78, 5) is 1.88. The molecule has 6 nitrogen and oxygen atoms in total. The first kappa shape index (κ1) is 18.4. The molecule has 0 radical (unpaired) electrons. The molecule has 0 unspecified atom stereocenters. The highest BCUT2D eigenvalue weighted by Crippen LogP contribution is 2.26. The van der Waals surface area contributed by atoms with Crippen LogP contribution in [0, 0.1) is 15.7 Å². The summed E-state index contributed by atoms with van der Waals surface area (Å²) in [5.74, 6) is 0.504. The number of fused-ring (bicyclic) bond motifs is 1. The lowest BCUT2D eigenvalue weighted by Gasteiger charge is -2.13. The first-order chi connectivity index (χ1) is 11.3. The van der Waals surface area contributed by atoms with Crippen LogP contribution in [0.1, 0.15) is 16.7 Å². The zero-order valence-electron chi connectivity index (χ0n) is 12.4. The van der Waals surface area contributed by atoms with E-state index in [1.54, 1.807) is 0 Å². The fourth-order valence-electron chi connectivity index (χ4n) is 2.23. The van der Waals surface area contributed by atoms with E-state index in [2.05, 4.69) is 0 Å². The molecule has 0 fully saturated rings. The van der Waals surface area contributed by atoms with Gasteiger partial charge in [-0.1, -0.05) is 66.2 Å². The maximum atomic E-state index is 8.60. The highest BCUT2D eigenvalue weighted by molar-refractivity contribution is 6.48. The standard InChI is InChI=1S/C16H13ClN2.ClHO4/c17-15(12-6-2-1-3-7-12)11-19-10-13-8-4-5-9-14(13)16(19)18;2-1(3,4)5/h1-9,11,18H,10H2;(H,2,3,4,5)/b15-11-,18-16?;. The van der Waals surface area contributed by atoms with Gasteiger partial charge in [0.1, 0.15) is 5.84 Å². The number of hydrogen-bond acceptors (Lipinski definition) is 5. The van der Waals surface area contributed by atoms with Gasteiger partial charge in [0.25, 0.3) is 0 Å². The number of benzene rings is 2. The van der Waals surface area contributed by atoms with Crippen LogP contribution in [-0.4, -0.2) is 15.4 Å². The smallest absolute Gasteiger partial charge is 0.132 e. The minimum absolute atomic E-state index is 0.504. The van der Waals surface area contributed by atoms with Crippen molar-refractivity contribution in [3.05, 3.63) is 77.5 Å². The lowest BCUT2D eigenvalue weighted by atomic mass is 10.1. The van der Waals surface area contributed by atoms with Crippen molar-refractivity contribution in [2.75, 3.05) is 0 Å². The van der Waals surface area contributed by atoms with E-state index in [0.717, 1.165) is 11.1 Å². The monoisotopic (exact) mass is 368 g/mol. The summed E-state index contributed by atoms with van der Waals surface area (Å²) in [6, 6.07) is 17.8. The summed E-state index contributed by atoms with van der Waals surface area (Å²) < 4.78 is 32.7. The van der Waals surface area contributed by atoms with Gasteiger partial charge in [-0.2, -0.15) is 14.0 Å². The molecule has 0 saturated heterocycles. The van der Waals surface area contributed by atoms with E-state index in [4.69, 9.17) is 35.6 Å². The highest BCUT2D eigenvalue weighted by Gasteiger charge is 2.22. The molecule has 0 atom stereocenters. The van der Waals surface area contributed by atoms with Crippen LogP contribution in [0.15, 0.2) is 60.8 Å². The van der Waals surface area contributed by atoms with E-state index in [0.29, 0.717) is 17.4 Å². The number of halogens is 2. The number of hydrogen-bond donors (Lipinski definition) is 2. The normalized spacial score (nSPS) is 14.1. The van der Waals surface area contributed by atoms with Crippen LogP contribution in [0.3, 0.4) is 0 Å². The molecule has 0 saturated carbocycles. The molecule has 126 valence electrons. The van der Waals surface area contributed by atoms with E-state index in [1.807, 2.05) is 65.7 Å². The predicted molar refractivity (Wildman–Crippen MR) is 81.3 cm³/mol. The second-order valence-electron chi connectivity index (χ2n) is 4.87. The maximum absolute atomic E-state index is 8.60. The van der Waals surface area contributed by atoms with Crippen molar-refractivity contribution >= 4 is 22.5 Å². The first-order valence-corrected chi connectivity index (χ1v) is 8.39. The van der Waals surface area contributed by atoms with Crippen molar-refractivity contribution in [3.63, 3.8) is 0 Å². The van der Waals surface area contributed by atoms with Crippen molar-refractivity contribution in [1.29, 1.82) is 5.41 Å². The van der Waals surface area contributed by atoms with Crippen LogP contribution in [0.5, 0.6) is 0 Å². The van der Waals surface area contributed by atoms with Gasteiger partial charge in [-0.3, -0.25) is 5.41 Å². The average Bonchev–Trinajstić information content (AvgIpc) is 2.83. The summed E-state index contributed by atoms with van der Waals surface area (Å²) in [5, 5.41) is 8.82. The maximum Gasteiger partial charge on any atom is 0.132 e. The SMILES string of the molecule is N=C1c2ccccc2CN1/C=C(\Cl)c1ccccc1.[O-][Cl+3]([O-])([O-])O. The van der Waals surface area contributed by atoms with Crippen molar-refractivity contribution in [2.45, 2.75) is 6.54 Å². The average molecular weight is 369 g/mol. The molecule has 3 rings (SSSR count). The molecule has 2 aromatic rings. The Bertz CT molecular complexity index is 739. The third kappa shape index (κ3) is 5.31. The second kappa shape index (κ2) is 7.76. The van der Waals surface area contributed by atoms with E-state index in [-0.39, 0.29) is 0 Å². The minimum atomic E-state index is -4.69. The fourth-order valence-corrected chi connectivity index (χ4v) is 2.47. The second-order valence-corrected chi connectivity index (χ2v) is 6.07. The zero-order chi connectivity index (χ0) is 17.7. The van der Waals surface area contributed by atoms with Crippen molar-refractivity contribution in [1.82, 2.24) is 4.90 Å². The molecule has 8 heteroatoms. The van der Waals surface area contributed by atoms with Gasteiger partial charge in [-0.15, -0.1) is 0 Å². The van der Waals surface area contributed by atoms with Crippen LogP contribution in [0.25, 0.3) is 5.03 Å². The molecule has 0 spiro atoms. The molecule has 0 bridgehead atoms. The molecular weight excluding hydrogens is 355 g/mol. The Kier molecular flexibility index (Phi) is 5.95. The lowest BCUT2D eigenvalue weighted by molar-refractivity contribution is -1.92. The molecule has 0 aromatic heterocycles. The van der Waals surface area contributed by atoms with Gasteiger partial charge in [-0.25, -0.2) is 0 Å². The Morgan fingerprint density at radius 1 is 1.08 bits per heavy atom. The summed E-state index contributed by atoms with van der Waals surface area (Å²) in [7, 11) is -4.69. The number of nitrogens with zero attached hydrogens (tertiary/aromatic N) is 1. The van der Waals surface area contributed by atoms with Gasteiger partial charge in [0.05, 0.1) is 19.9 Å². The zero-order valence-corrected chi connectivity index (χ0v) is 13.9. The molecule has 0 aliphatic carbocycles. The lowest BCUT2D eigenvalue weighted by Crippen LogP contribution is -2.58. The van der Waals surface area contributed by atoms with Gasteiger partial charge >= 0.3 is 0 Å². The van der Waals surface area contributed by atoms with Gasteiger partial charge in [0.2, 0.25) is 0 Å². The van der Waals surface area contributed by atoms with Crippen LogP contribution >= 0.6 is 11.6 Å². The van der Waals surface area contributed by atoms with Gasteiger partial charge in [-0.05, 0) is 11.1 Å². The predicted octanol–water partition coefficient (Wildman–Crippen LogP) is -0.0590. The van der Waals surface area contributed by atoms with Gasteiger partial charge < -0.3 is 4.90 Å². The Labute approximate surface area is 146 Å². The van der Waals surface area contributed by atoms with E-state index < -0.39 is 10.2 Å². The molecule has 2 aromatic carbocycles. The van der Waals surface area contributed by atoms with Crippen molar-refractivity contribution < 1.29 is 28.9 Å². The summed E-state index contributed by atoms with van der Waals surface area (Å²) in [6.07, 6.45) is 1.83. The van der Waals surface area contributed by atoms with Crippen LogP contribution in [0.4, 0.5) is 0 Å². The Balaban J connectivity index is 0.000000368. The summed E-state index contributed by atoms with van der Waals surface area (Å²) >= 11 is 6.32. The van der Waals surface area contributed by atoms with Crippen molar-refractivity contribution in [3.8, 4) is 0 Å². The summed E-state index contributed by atoms with van der Waals surface area (Å²) in [6.45, 7) is 0.706. The van der Waals surface area contributed by atoms with Gasteiger partial charge in [0, 0.05) is 18.3 Å². The minimum Gasteiger partial charge on any atom is -0.327 e. The largest absolute Gasteiger partial charge is 0.327 e. The molecule has 24 heavy (non-hydrogen) atoms. The van der Waals surface area contributed by atoms with Crippen LogP contribution in [0.2, 0.25) is 0 Å². The third-order valence-electron chi connectivity index (χ3n) is 3.22. The Morgan fingerprint density at radius 2 is 1.62 bits per heavy atom. The molecule has 2 N–H and O–H groups in total. The highest BCUT2D eigenvalue weighted by atomic mass is 35.7. The third-order valence-corrected chi connectivity index (χ3v) is 3.53. The van der Waals surface area contributed by atoms with E-state index in [9.17, 15) is 0 Å². The molecule has 1 aliphatic heterocycles. The number of nitrogens with one attached hydrogen (secondary N) is 1. The Hall–Kier alpha value is -1.93. The molecule has 1 heterocycles. The molecule has 1 aliphatic rings. The number of amidine groups is 1. The van der Waals surface area contributed by atoms with Crippen LogP contribution in [-0.2, 0) is 6.54 Å². The summed E-state index contributed by atoms with van der Waals surface area (Å²) in [5.41, 5.74) is 3.12.